The molecule has 10 heteroatoms. The maximum Gasteiger partial charge on any atom is 0.387 e. The van der Waals surface area contributed by atoms with Crippen molar-refractivity contribution < 1.29 is 38.4 Å². The molecule has 25 heavy (non-hydrogen) atoms. The third-order valence-corrected chi connectivity index (χ3v) is 2.85. The number of carbonyl (C=O) groups is 3. The zero-order valence-corrected chi connectivity index (χ0v) is 14.7. The third-order valence-electron chi connectivity index (χ3n) is 2.33. The van der Waals surface area contributed by atoms with Crippen LogP contribution in [0.2, 0.25) is 0 Å². The summed E-state index contributed by atoms with van der Waals surface area (Å²) < 4.78 is 19.6. The summed E-state index contributed by atoms with van der Waals surface area (Å²) in [6.45, 7) is -0.765. The lowest BCUT2D eigenvalue weighted by Crippen LogP contribution is -2.23. The average molecular weight is 388 g/mol. The number of aliphatic hydroxyl groups is 1. The molecular weight excluding hydrogens is 372 g/mol. The predicted octanol–water partition coefficient (Wildman–Crippen LogP) is 0.716. The van der Waals surface area contributed by atoms with Gasteiger partial charge in [-0.25, -0.2) is 4.79 Å². The number of thiol groups is 2. The third kappa shape index (κ3) is 7.50. The number of hydrogen-bond donors (Lipinski definition) is 3. The minimum atomic E-state index is -1.14. The van der Waals surface area contributed by atoms with E-state index in [9.17, 15) is 14.4 Å². The minimum absolute atomic E-state index is 0.161. The fourth-order valence-corrected chi connectivity index (χ4v) is 1.50. The highest BCUT2D eigenvalue weighted by atomic mass is 32.1. The molecule has 0 radical (unpaired) electrons. The lowest BCUT2D eigenvalue weighted by molar-refractivity contribution is -0.151. The lowest BCUT2D eigenvalue weighted by atomic mass is 10.3. The molecule has 0 unspecified atom stereocenters. The Kier molecular flexibility index (Phi) is 9.51. The second-order valence-corrected chi connectivity index (χ2v) is 4.79. The monoisotopic (exact) mass is 388 g/mol. The van der Waals surface area contributed by atoms with E-state index in [1.165, 1.54) is 12.1 Å². The van der Waals surface area contributed by atoms with Crippen molar-refractivity contribution in [2.45, 2.75) is 0 Å². The van der Waals surface area contributed by atoms with E-state index < -0.39 is 36.2 Å². The number of rotatable bonds is 9. The molecule has 136 valence electrons. The van der Waals surface area contributed by atoms with E-state index in [2.05, 4.69) is 25.3 Å². The van der Waals surface area contributed by atoms with Crippen LogP contribution in [0.3, 0.4) is 0 Å². The van der Waals surface area contributed by atoms with Gasteiger partial charge in [0.25, 0.3) is 5.76 Å². The molecular formula is C15H16O8S2. The van der Waals surface area contributed by atoms with Crippen LogP contribution in [0, 0.1) is 0 Å². The van der Waals surface area contributed by atoms with E-state index in [1.807, 2.05) is 0 Å². The molecule has 0 saturated heterocycles. The first-order valence-electron chi connectivity index (χ1n) is 6.90. The van der Waals surface area contributed by atoms with Gasteiger partial charge in [0.15, 0.2) is 0 Å². The van der Waals surface area contributed by atoms with E-state index in [0.717, 1.165) is 0 Å². The highest BCUT2D eigenvalue weighted by Crippen LogP contribution is 2.17. The fraction of sp³-hybridized carbons (Fsp3) is 0.267. The van der Waals surface area contributed by atoms with Gasteiger partial charge in [-0.1, -0.05) is 18.2 Å². The first-order chi connectivity index (χ1) is 12.0. The molecule has 0 fully saturated rings. The Bertz CT molecular complexity index is 630. The molecule has 1 aromatic rings. The van der Waals surface area contributed by atoms with Crippen molar-refractivity contribution in [1.29, 1.82) is 0 Å². The zero-order valence-electron chi connectivity index (χ0n) is 12.9. The normalized spacial score (nSPS) is 11.2. The van der Waals surface area contributed by atoms with Crippen LogP contribution in [0.5, 0.6) is 5.75 Å². The van der Waals surface area contributed by atoms with E-state index in [-0.39, 0.29) is 23.9 Å². The van der Waals surface area contributed by atoms with Gasteiger partial charge in [0.05, 0.1) is 18.1 Å². The molecule has 0 saturated carbocycles. The van der Waals surface area contributed by atoms with Crippen LogP contribution in [0.1, 0.15) is 0 Å². The van der Waals surface area contributed by atoms with Gasteiger partial charge < -0.3 is 24.1 Å². The zero-order chi connectivity index (χ0) is 18.7. The molecule has 0 amide bonds. The Balaban J connectivity index is 3.16. The maximum absolute atomic E-state index is 12.3. The molecule has 0 aliphatic rings. The van der Waals surface area contributed by atoms with Crippen LogP contribution in [0.4, 0.5) is 0 Å². The molecule has 0 heterocycles. The van der Waals surface area contributed by atoms with E-state index >= 15 is 0 Å². The number of para-hydroxylation sites is 1. The molecule has 1 rings (SSSR count). The van der Waals surface area contributed by atoms with Gasteiger partial charge in [0.1, 0.15) is 12.4 Å². The molecule has 0 atom stereocenters. The SMILES string of the molecule is O=C(CS)OC(OCCO)=C(OC(=O)CS)C(=O)Oc1ccccc1. The smallest absolute Gasteiger partial charge is 0.387 e. The molecule has 0 spiro atoms. The van der Waals surface area contributed by atoms with Crippen molar-refractivity contribution in [1.82, 2.24) is 0 Å². The number of esters is 3. The summed E-state index contributed by atoms with van der Waals surface area (Å²) in [5.74, 6) is -4.94. The maximum atomic E-state index is 12.3. The van der Waals surface area contributed by atoms with Gasteiger partial charge in [-0.15, -0.1) is 0 Å². The van der Waals surface area contributed by atoms with Crippen LogP contribution in [0.25, 0.3) is 0 Å². The second kappa shape index (κ2) is 11.4. The molecule has 1 N–H and O–H groups in total. The Morgan fingerprint density at radius 1 is 0.960 bits per heavy atom. The number of carbonyl (C=O) groups excluding carboxylic acids is 3. The van der Waals surface area contributed by atoms with Gasteiger partial charge in [-0.3, -0.25) is 9.59 Å². The summed E-state index contributed by atoms with van der Waals surface area (Å²) in [6, 6.07) is 7.93. The minimum Gasteiger partial charge on any atom is -0.460 e. The summed E-state index contributed by atoms with van der Waals surface area (Å²) in [4.78, 5) is 35.3. The summed E-state index contributed by atoms with van der Waals surface area (Å²) in [6.07, 6.45) is 0. The predicted molar refractivity (Wildman–Crippen MR) is 92.0 cm³/mol. The van der Waals surface area contributed by atoms with Crippen LogP contribution >= 0.6 is 25.3 Å². The number of ether oxygens (including phenoxy) is 4. The Morgan fingerprint density at radius 2 is 1.56 bits per heavy atom. The average Bonchev–Trinajstić information content (AvgIpc) is 2.63. The van der Waals surface area contributed by atoms with Crippen molar-refractivity contribution in [3.63, 3.8) is 0 Å². The van der Waals surface area contributed by atoms with Gasteiger partial charge in [-0.05, 0) is 12.1 Å². The lowest BCUT2D eigenvalue weighted by Gasteiger charge is -2.14. The largest absolute Gasteiger partial charge is 0.460 e. The Hall–Kier alpha value is -2.17. The second-order valence-electron chi connectivity index (χ2n) is 4.16. The molecule has 0 bridgehead atoms. The number of hydrogen-bond acceptors (Lipinski definition) is 10. The summed E-state index contributed by atoms with van der Waals surface area (Å²) in [7, 11) is 0. The van der Waals surface area contributed by atoms with E-state index in [0.29, 0.717) is 0 Å². The standard InChI is InChI=1S/C15H16O8S2/c16-6-7-20-15(23-12(18)9-25)13(22-11(17)8-24)14(19)21-10-4-2-1-3-5-10/h1-5,16,24-25H,6-9H2. The van der Waals surface area contributed by atoms with Crippen LogP contribution < -0.4 is 4.74 Å². The quantitative estimate of drug-likeness (QED) is 0.187. The Morgan fingerprint density at radius 3 is 2.12 bits per heavy atom. The fourth-order valence-electron chi connectivity index (χ4n) is 1.37. The van der Waals surface area contributed by atoms with Gasteiger partial charge in [0.2, 0.25) is 0 Å². The van der Waals surface area contributed by atoms with Crippen molar-refractivity contribution >= 4 is 43.2 Å². The van der Waals surface area contributed by atoms with Crippen molar-refractivity contribution in [2.24, 2.45) is 0 Å². The van der Waals surface area contributed by atoms with Gasteiger partial charge >= 0.3 is 23.9 Å². The molecule has 0 aliphatic carbocycles. The number of aliphatic hydroxyl groups excluding tert-OH is 1. The number of benzene rings is 1. The van der Waals surface area contributed by atoms with Gasteiger partial charge in [0, 0.05) is 0 Å². The van der Waals surface area contributed by atoms with Crippen molar-refractivity contribution in [2.75, 3.05) is 24.7 Å². The first-order valence-corrected chi connectivity index (χ1v) is 8.16. The molecule has 8 nitrogen and oxygen atoms in total. The molecule has 1 aromatic carbocycles. The Labute approximate surface area is 154 Å². The highest BCUT2D eigenvalue weighted by Gasteiger charge is 2.27. The molecule has 0 aromatic heterocycles. The topological polar surface area (TPSA) is 108 Å². The first kappa shape index (κ1) is 20.9. The highest BCUT2D eigenvalue weighted by molar-refractivity contribution is 7.81. The van der Waals surface area contributed by atoms with E-state index in [4.69, 9.17) is 24.1 Å². The summed E-state index contributed by atoms with van der Waals surface area (Å²) in [5, 5.41) is 8.85. The van der Waals surface area contributed by atoms with Crippen LogP contribution in [-0.2, 0) is 28.6 Å². The van der Waals surface area contributed by atoms with Crippen LogP contribution in [-0.4, -0.2) is 47.7 Å². The molecule has 0 aliphatic heterocycles. The van der Waals surface area contributed by atoms with E-state index in [1.54, 1.807) is 18.2 Å². The van der Waals surface area contributed by atoms with Crippen LogP contribution in [0.15, 0.2) is 42.0 Å². The summed E-state index contributed by atoms with van der Waals surface area (Å²) in [5.41, 5.74) is 0. The van der Waals surface area contributed by atoms with Gasteiger partial charge in [-0.2, -0.15) is 25.3 Å². The van der Waals surface area contributed by atoms with Crippen molar-refractivity contribution in [3.05, 3.63) is 42.0 Å². The van der Waals surface area contributed by atoms with Crippen molar-refractivity contribution in [3.8, 4) is 5.75 Å². The summed E-state index contributed by atoms with van der Waals surface area (Å²) >= 11 is 7.47.